The van der Waals surface area contributed by atoms with Crippen molar-refractivity contribution in [3.8, 4) is 0 Å². The Labute approximate surface area is 167 Å². The first-order valence-electron chi connectivity index (χ1n) is 9.64. The maximum absolute atomic E-state index is 6.54. The van der Waals surface area contributed by atoms with E-state index in [1.54, 1.807) is 0 Å². The standard InChI is InChI=1S/C19H32Cl2N4O/c1-18(2)12-19(26-13-18)7-5-14(6-8-19)25-15(23-16(20)17(25)21)11-24(4)10-9-22-3/h14,22H,5-13H2,1-4H3/t14-,19+. The zero-order valence-electron chi connectivity index (χ0n) is 16.4. The molecular formula is C19H32Cl2N4O. The van der Waals surface area contributed by atoms with Crippen molar-refractivity contribution < 1.29 is 4.74 Å². The van der Waals surface area contributed by atoms with Crippen LogP contribution in [0.25, 0.3) is 0 Å². The zero-order chi connectivity index (χ0) is 18.9. The second kappa shape index (κ2) is 7.96. The predicted molar refractivity (Wildman–Crippen MR) is 107 cm³/mol. The summed E-state index contributed by atoms with van der Waals surface area (Å²) >= 11 is 12.8. The first-order chi connectivity index (χ1) is 12.3. The number of ether oxygens (including phenoxy) is 1. The van der Waals surface area contributed by atoms with Gasteiger partial charge in [-0.25, -0.2) is 4.98 Å². The number of aromatic nitrogens is 2. The van der Waals surface area contributed by atoms with Crippen LogP contribution in [-0.4, -0.2) is 53.8 Å². The molecule has 5 nitrogen and oxygen atoms in total. The number of hydrogen-bond acceptors (Lipinski definition) is 4. The molecule has 0 bridgehead atoms. The summed E-state index contributed by atoms with van der Waals surface area (Å²) in [6.45, 7) is 8.13. The van der Waals surface area contributed by atoms with Gasteiger partial charge in [0.05, 0.1) is 18.8 Å². The van der Waals surface area contributed by atoms with Gasteiger partial charge < -0.3 is 14.6 Å². The Hall–Kier alpha value is -0.330. The van der Waals surface area contributed by atoms with Crippen LogP contribution in [0.5, 0.6) is 0 Å². The van der Waals surface area contributed by atoms with Gasteiger partial charge in [-0.3, -0.25) is 4.90 Å². The Bertz CT molecular complexity index is 623. The molecule has 0 atom stereocenters. The van der Waals surface area contributed by atoms with E-state index in [0.717, 1.165) is 64.2 Å². The molecule has 26 heavy (non-hydrogen) atoms. The van der Waals surface area contributed by atoms with E-state index < -0.39 is 0 Å². The highest BCUT2D eigenvalue weighted by Gasteiger charge is 2.46. The summed E-state index contributed by atoms with van der Waals surface area (Å²) in [6, 6.07) is 0.355. The number of nitrogens with zero attached hydrogens (tertiary/aromatic N) is 3. The molecule has 2 aliphatic rings. The summed E-state index contributed by atoms with van der Waals surface area (Å²) in [4.78, 5) is 6.79. The quantitative estimate of drug-likeness (QED) is 0.775. The van der Waals surface area contributed by atoms with E-state index in [-0.39, 0.29) is 5.60 Å². The van der Waals surface area contributed by atoms with Gasteiger partial charge in [0.1, 0.15) is 11.0 Å². The van der Waals surface area contributed by atoms with Crippen LogP contribution in [0, 0.1) is 5.41 Å². The number of imidazole rings is 1. The Kier molecular flexibility index (Phi) is 6.25. The molecule has 0 amide bonds. The molecule has 2 heterocycles. The molecule has 1 spiro atoms. The average Bonchev–Trinajstić information content (AvgIpc) is 3.03. The summed E-state index contributed by atoms with van der Waals surface area (Å²) in [6.07, 6.45) is 5.46. The third kappa shape index (κ3) is 4.39. The fourth-order valence-electron chi connectivity index (χ4n) is 4.56. The van der Waals surface area contributed by atoms with E-state index in [4.69, 9.17) is 27.9 Å². The molecule has 2 fully saturated rings. The number of likely N-dealkylation sites (N-methyl/N-ethyl adjacent to an activating group) is 2. The Morgan fingerprint density at radius 2 is 2.00 bits per heavy atom. The van der Waals surface area contributed by atoms with Gasteiger partial charge in [-0.05, 0) is 51.6 Å². The van der Waals surface area contributed by atoms with Crippen molar-refractivity contribution in [3.63, 3.8) is 0 Å². The zero-order valence-corrected chi connectivity index (χ0v) is 18.0. The van der Waals surface area contributed by atoms with Crippen molar-refractivity contribution in [1.82, 2.24) is 19.8 Å². The lowest BCUT2D eigenvalue weighted by atomic mass is 9.75. The Morgan fingerprint density at radius 1 is 1.31 bits per heavy atom. The number of rotatable bonds is 6. The van der Waals surface area contributed by atoms with Crippen molar-refractivity contribution in [2.45, 2.75) is 64.1 Å². The lowest BCUT2D eigenvalue weighted by Gasteiger charge is -2.38. The maximum atomic E-state index is 6.54. The fraction of sp³-hybridized carbons (Fsp3) is 0.842. The molecule has 148 valence electrons. The minimum absolute atomic E-state index is 0.0700. The van der Waals surface area contributed by atoms with E-state index in [1.165, 1.54) is 0 Å². The summed E-state index contributed by atoms with van der Waals surface area (Å²) in [5.41, 5.74) is 0.366. The van der Waals surface area contributed by atoms with Crippen LogP contribution in [0.2, 0.25) is 10.3 Å². The highest BCUT2D eigenvalue weighted by atomic mass is 35.5. The molecule has 0 radical (unpaired) electrons. The molecule has 3 rings (SSSR count). The van der Waals surface area contributed by atoms with E-state index in [0.29, 0.717) is 21.8 Å². The van der Waals surface area contributed by atoms with Crippen LogP contribution in [0.4, 0.5) is 0 Å². The van der Waals surface area contributed by atoms with Crippen molar-refractivity contribution in [2.24, 2.45) is 5.41 Å². The van der Waals surface area contributed by atoms with Crippen molar-refractivity contribution in [3.05, 3.63) is 16.1 Å². The SMILES string of the molecule is CNCCN(C)Cc1nc(Cl)c(Cl)n1[C@H]1CC[C@@]2(CC1)CC(C)(C)CO2. The second-order valence-electron chi connectivity index (χ2n) is 8.86. The van der Waals surface area contributed by atoms with Gasteiger partial charge >= 0.3 is 0 Å². The minimum atomic E-state index is 0.0700. The van der Waals surface area contributed by atoms with E-state index in [1.807, 2.05) is 7.05 Å². The van der Waals surface area contributed by atoms with Crippen LogP contribution in [0.1, 0.15) is 57.8 Å². The van der Waals surface area contributed by atoms with Gasteiger partial charge in [-0.1, -0.05) is 37.0 Å². The van der Waals surface area contributed by atoms with Crippen molar-refractivity contribution in [1.29, 1.82) is 0 Å². The summed E-state index contributed by atoms with van der Waals surface area (Å²) < 4.78 is 8.43. The minimum Gasteiger partial charge on any atom is -0.374 e. The van der Waals surface area contributed by atoms with Crippen LogP contribution in [0.15, 0.2) is 0 Å². The molecule has 1 N–H and O–H groups in total. The van der Waals surface area contributed by atoms with Gasteiger partial charge in [0.25, 0.3) is 0 Å². The summed E-state index contributed by atoms with van der Waals surface area (Å²) in [5, 5.41) is 4.18. The highest BCUT2D eigenvalue weighted by Crippen LogP contribution is 2.49. The van der Waals surface area contributed by atoms with Gasteiger partial charge in [0, 0.05) is 19.1 Å². The van der Waals surface area contributed by atoms with E-state index in [9.17, 15) is 0 Å². The normalized spacial score (nSPS) is 28.3. The van der Waals surface area contributed by atoms with Crippen LogP contribution < -0.4 is 5.32 Å². The van der Waals surface area contributed by atoms with E-state index in [2.05, 4.69) is 40.7 Å². The molecule has 1 aliphatic heterocycles. The highest BCUT2D eigenvalue weighted by molar-refractivity contribution is 6.40. The molecule has 1 saturated carbocycles. The smallest absolute Gasteiger partial charge is 0.166 e. The fourth-order valence-corrected chi connectivity index (χ4v) is 5.03. The Balaban J connectivity index is 1.70. The van der Waals surface area contributed by atoms with Crippen LogP contribution in [-0.2, 0) is 11.3 Å². The Morgan fingerprint density at radius 3 is 2.58 bits per heavy atom. The number of halogens is 2. The first-order valence-corrected chi connectivity index (χ1v) is 10.4. The predicted octanol–water partition coefficient (Wildman–Crippen LogP) is 4.14. The third-order valence-electron chi connectivity index (χ3n) is 5.84. The third-order valence-corrected chi connectivity index (χ3v) is 6.56. The van der Waals surface area contributed by atoms with Gasteiger partial charge in [0.15, 0.2) is 5.15 Å². The molecular weight excluding hydrogens is 371 g/mol. The molecule has 0 unspecified atom stereocenters. The summed E-state index contributed by atoms with van der Waals surface area (Å²) in [5.74, 6) is 0.965. The summed E-state index contributed by atoms with van der Waals surface area (Å²) in [7, 11) is 4.06. The molecule has 1 aromatic heterocycles. The molecule has 1 aliphatic carbocycles. The van der Waals surface area contributed by atoms with Crippen molar-refractivity contribution in [2.75, 3.05) is 33.8 Å². The largest absolute Gasteiger partial charge is 0.374 e. The number of nitrogens with one attached hydrogen (secondary N) is 1. The first kappa shape index (κ1) is 20.4. The lowest BCUT2D eigenvalue weighted by Crippen LogP contribution is -2.35. The van der Waals surface area contributed by atoms with Gasteiger partial charge in [-0.15, -0.1) is 0 Å². The maximum Gasteiger partial charge on any atom is 0.166 e. The van der Waals surface area contributed by atoms with E-state index >= 15 is 0 Å². The molecule has 0 aromatic carbocycles. The van der Waals surface area contributed by atoms with Crippen molar-refractivity contribution >= 4 is 23.2 Å². The van der Waals surface area contributed by atoms with Crippen LogP contribution >= 0.6 is 23.2 Å². The topological polar surface area (TPSA) is 42.3 Å². The monoisotopic (exact) mass is 402 g/mol. The van der Waals surface area contributed by atoms with Crippen LogP contribution in [0.3, 0.4) is 0 Å². The molecule has 7 heteroatoms. The lowest BCUT2D eigenvalue weighted by molar-refractivity contribution is -0.0344. The molecule has 1 saturated heterocycles. The molecule has 1 aromatic rings. The van der Waals surface area contributed by atoms with Gasteiger partial charge in [0.2, 0.25) is 0 Å². The average molecular weight is 403 g/mol. The van der Waals surface area contributed by atoms with Gasteiger partial charge in [-0.2, -0.15) is 0 Å². The number of hydrogen-bond donors (Lipinski definition) is 1. The second-order valence-corrected chi connectivity index (χ2v) is 9.58.